The molecular formula is C21H27NO3. The van der Waals surface area contributed by atoms with Crippen LogP contribution in [-0.4, -0.2) is 38.0 Å². The number of aliphatic hydroxyl groups excluding tert-OH is 1. The first-order valence-corrected chi connectivity index (χ1v) is 9.10. The highest BCUT2D eigenvalue weighted by molar-refractivity contribution is 5.55. The summed E-state index contributed by atoms with van der Waals surface area (Å²) in [7, 11) is 0. The lowest BCUT2D eigenvalue weighted by Gasteiger charge is -2.31. The number of aliphatic hydroxyl groups is 1. The Morgan fingerprint density at radius 3 is 2.68 bits per heavy atom. The number of hydrogen-bond donors (Lipinski definition) is 1. The highest BCUT2D eigenvalue weighted by Gasteiger charge is 2.15. The van der Waals surface area contributed by atoms with Crippen molar-refractivity contribution in [2.45, 2.75) is 25.9 Å². The summed E-state index contributed by atoms with van der Waals surface area (Å²) >= 11 is 0. The van der Waals surface area contributed by atoms with Gasteiger partial charge in [0.15, 0.2) is 0 Å². The number of nitrogens with zero attached hydrogens (tertiary/aromatic N) is 1. The van der Waals surface area contributed by atoms with Crippen molar-refractivity contribution in [3.8, 4) is 5.75 Å². The molecule has 0 amide bonds. The van der Waals surface area contributed by atoms with E-state index in [0.29, 0.717) is 26.2 Å². The van der Waals surface area contributed by atoms with E-state index in [9.17, 15) is 0 Å². The molecule has 0 unspecified atom stereocenters. The molecule has 2 aromatic rings. The Labute approximate surface area is 150 Å². The molecule has 1 N–H and O–H groups in total. The zero-order valence-electron chi connectivity index (χ0n) is 14.7. The molecule has 3 rings (SSSR count). The van der Waals surface area contributed by atoms with Crippen LogP contribution >= 0.6 is 0 Å². The Hall–Kier alpha value is -2.04. The molecule has 1 heterocycles. The molecule has 25 heavy (non-hydrogen) atoms. The normalized spacial score (nSPS) is 13.6. The van der Waals surface area contributed by atoms with Crippen LogP contribution in [0.25, 0.3) is 0 Å². The summed E-state index contributed by atoms with van der Waals surface area (Å²) in [6.07, 6.45) is 3.07. The zero-order valence-corrected chi connectivity index (χ0v) is 14.7. The van der Waals surface area contributed by atoms with E-state index in [4.69, 9.17) is 14.6 Å². The molecule has 0 saturated carbocycles. The van der Waals surface area contributed by atoms with E-state index in [1.807, 2.05) is 24.3 Å². The van der Waals surface area contributed by atoms with E-state index in [2.05, 4.69) is 29.2 Å². The second-order valence-corrected chi connectivity index (χ2v) is 6.34. The summed E-state index contributed by atoms with van der Waals surface area (Å²) in [4.78, 5) is 2.42. The van der Waals surface area contributed by atoms with E-state index in [0.717, 1.165) is 24.4 Å². The summed E-state index contributed by atoms with van der Waals surface area (Å²) in [5.41, 5.74) is 3.92. The highest BCUT2D eigenvalue weighted by atomic mass is 16.5. The van der Waals surface area contributed by atoms with Crippen LogP contribution in [0.5, 0.6) is 5.75 Å². The zero-order chi connectivity index (χ0) is 17.3. The molecule has 1 aliphatic heterocycles. The fraction of sp³-hybridized carbons (Fsp3) is 0.429. The number of anilines is 1. The first-order chi connectivity index (χ1) is 12.4. The van der Waals surface area contributed by atoms with E-state index in [1.54, 1.807) is 0 Å². The first-order valence-electron chi connectivity index (χ1n) is 9.10. The quantitative estimate of drug-likeness (QED) is 0.710. The molecule has 134 valence electrons. The van der Waals surface area contributed by atoms with Crippen molar-refractivity contribution >= 4 is 5.69 Å². The van der Waals surface area contributed by atoms with Crippen LogP contribution in [0.1, 0.15) is 24.0 Å². The topological polar surface area (TPSA) is 41.9 Å². The molecule has 0 spiro atoms. The van der Waals surface area contributed by atoms with Crippen molar-refractivity contribution in [3.05, 3.63) is 59.7 Å². The maximum atomic E-state index is 8.73. The smallest absolute Gasteiger partial charge is 0.119 e. The van der Waals surface area contributed by atoms with Gasteiger partial charge >= 0.3 is 0 Å². The number of para-hydroxylation sites is 1. The SMILES string of the molecule is OCCCOCc1ccc(OCCN2CCCc3ccccc32)cc1. The number of fused-ring (bicyclic) bond motifs is 1. The predicted octanol–water partition coefficient (Wildman–Crippen LogP) is 3.42. The lowest BCUT2D eigenvalue weighted by molar-refractivity contribution is 0.104. The van der Waals surface area contributed by atoms with E-state index in [1.165, 1.54) is 24.1 Å². The van der Waals surface area contributed by atoms with Crippen molar-refractivity contribution in [1.82, 2.24) is 0 Å². The second kappa shape index (κ2) is 9.44. The van der Waals surface area contributed by atoms with Crippen LogP contribution in [0.4, 0.5) is 5.69 Å². The number of ether oxygens (including phenoxy) is 2. The molecule has 4 nitrogen and oxygen atoms in total. The Balaban J connectivity index is 1.43. The second-order valence-electron chi connectivity index (χ2n) is 6.34. The maximum absolute atomic E-state index is 8.73. The number of rotatable bonds is 9. The molecule has 0 radical (unpaired) electrons. The van der Waals surface area contributed by atoms with Crippen LogP contribution in [0, 0.1) is 0 Å². The first kappa shape index (κ1) is 17.8. The van der Waals surface area contributed by atoms with Crippen molar-refractivity contribution in [1.29, 1.82) is 0 Å². The molecule has 0 saturated heterocycles. The van der Waals surface area contributed by atoms with Gasteiger partial charge in [0.1, 0.15) is 12.4 Å². The highest BCUT2D eigenvalue weighted by Crippen LogP contribution is 2.26. The van der Waals surface area contributed by atoms with Crippen LogP contribution in [-0.2, 0) is 17.8 Å². The lowest BCUT2D eigenvalue weighted by Crippen LogP contribution is -2.33. The van der Waals surface area contributed by atoms with Crippen molar-refractivity contribution in [3.63, 3.8) is 0 Å². The number of hydrogen-bond acceptors (Lipinski definition) is 4. The van der Waals surface area contributed by atoms with Gasteiger partial charge in [-0.25, -0.2) is 0 Å². The molecular weight excluding hydrogens is 314 g/mol. The van der Waals surface area contributed by atoms with Gasteiger partial charge in [-0.1, -0.05) is 30.3 Å². The van der Waals surface area contributed by atoms with Gasteiger partial charge in [-0.3, -0.25) is 0 Å². The molecule has 0 aromatic heterocycles. The summed E-state index contributed by atoms with van der Waals surface area (Å²) in [5.74, 6) is 0.893. The van der Waals surface area contributed by atoms with Crippen molar-refractivity contribution in [2.24, 2.45) is 0 Å². The summed E-state index contributed by atoms with van der Waals surface area (Å²) in [6.45, 7) is 4.03. The van der Waals surface area contributed by atoms with Gasteiger partial charge in [0.25, 0.3) is 0 Å². The maximum Gasteiger partial charge on any atom is 0.119 e. The largest absolute Gasteiger partial charge is 0.492 e. The monoisotopic (exact) mass is 341 g/mol. The molecule has 4 heteroatoms. The van der Waals surface area contributed by atoms with Gasteiger partial charge in [-0.15, -0.1) is 0 Å². The third kappa shape index (κ3) is 5.21. The Morgan fingerprint density at radius 1 is 1.00 bits per heavy atom. The van der Waals surface area contributed by atoms with Crippen LogP contribution in [0.3, 0.4) is 0 Å². The van der Waals surface area contributed by atoms with Crippen LogP contribution < -0.4 is 9.64 Å². The Kier molecular flexibility index (Phi) is 6.71. The van der Waals surface area contributed by atoms with E-state index in [-0.39, 0.29) is 6.61 Å². The van der Waals surface area contributed by atoms with Crippen molar-refractivity contribution in [2.75, 3.05) is 37.8 Å². The minimum absolute atomic E-state index is 0.175. The van der Waals surface area contributed by atoms with Gasteiger partial charge in [0, 0.05) is 25.4 Å². The van der Waals surface area contributed by atoms with E-state index >= 15 is 0 Å². The molecule has 1 aliphatic rings. The van der Waals surface area contributed by atoms with Crippen molar-refractivity contribution < 1.29 is 14.6 Å². The molecule has 0 atom stereocenters. The minimum atomic E-state index is 0.175. The van der Waals surface area contributed by atoms with E-state index < -0.39 is 0 Å². The third-order valence-corrected chi connectivity index (χ3v) is 4.48. The third-order valence-electron chi connectivity index (χ3n) is 4.48. The summed E-state index contributed by atoms with van der Waals surface area (Å²) in [6, 6.07) is 16.7. The minimum Gasteiger partial charge on any atom is -0.492 e. The standard InChI is InChI=1S/C21H27NO3/c23-14-4-15-24-17-18-8-10-20(11-9-18)25-16-13-22-12-3-6-19-5-1-2-7-21(19)22/h1-2,5,7-11,23H,3-4,6,12-17H2. The fourth-order valence-corrected chi connectivity index (χ4v) is 3.16. The summed E-state index contributed by atoms with van der Waals surface area (Å²) in [5, 5.41) is 8.73. The predicted molar refractivity (Wildman–Crippen MR) is 100 cm³/mol. The molecule has 0 aliphatic carbocycles. The van der Waals surface area contributed by atoms with Gasteiger partial charge in [0.2, 0.25) is 0 Å². The average molecular weight is 341 g/mol. The molecule has 0 bridgehead atoms. The summed E-state index contributed by atoms with van der Waals surface area (Å²) < 4.78 is 11.4. The Morgan fingerprint density at radius 2 is 1.84 bits per heavy atom. The molecule has 0 fully saturated rings. The van der Waals surface area contributed by atoms with Crippen LogP contribution in [0.2, 0.25) is 0 Å². The van der Waals surface area contributed by atoms with Gasteiger partial charge in [-0.2, -0.15) is 0 Å². The average Bonchev–Trinajstić information content (AvgIpc) is 2.67. The fourth-order valence-electron chi connectivity index (χ4n) is 3.16. The lowest BCUT2D eigenvalue weighted by atomic mass is 10.0. The van der Waals surface area contributed by atoms with Gasteiger partial charge in [-0.05, 0) is 48.6 Å². The Bertz CT molecular complexity index is 642. The van der Waals surface area contributed by atoms with Gasteiger partial charge < -0.3 is 19.5 Å². The van der Waals surface area contributed by atoms with Crippen LogP contribution in [0.15, 0.2) is 48.5 Å². The number of benzene rings is 2. The van der Waals surface area contributed by atoms with Gasteiger partial charge in [0.05, 0.1) is 13.2 Å². The molecule has 2 aromatic carbocycles. The number of aryl methyl sites for hydroxylation is 1.